The minimum atomic E-state index is 0.795. The van der Waals surface area contributed by atoms with Crippen molar-refractivity contribution in [1.29, 1.82) is 0 Å². The van der Waals surface area contributed by atoms with Crippen molar-refractivity contribution in [2.75, 3.05) is 26.7 Å². The molecule has 1 N–H and O–H groups in total. The van der Waals surface area contributed by atoms with Crippen LogP contribution in [-0.2, 0) is 6.54 Å². The zero-order chi connectivity index (χ0) is 13.8. The summed E-state index contributed by atoms with van der Waals surface area (Å²) in [5, 5.41) is 3.67. The van der Waals surface area contributed by atoms with E-state index in [0.717, 1.165) is 24.3 Å². The largest absolute Gasteiger partial charge is 0.496 e. The summed E-state index contributed by atoms with van der Waals surface area (Å²) in [5.41, 5.74) is 1.31. The minimum absolute atomic E-state index is 0.795. The summed E-state index contributed by atoms with van der Waals surface area (Å²) in [6.07, 6.45) is 5.43. The van der Waals surface area contributed by atoms with Crippen LogP contribution in [0.5, 0.6) is 5.75 Å². The van der Waals surface area contributed by atoms with Gasteiger partial charge in [0.05, 0.1) is 7.11 Å². The molecule has 2 aliphatic heterocycles. The van der Waals surface area contributed by atoms with Crippen LogP contribution in [0.25, 0.3) is 0 Å². The smallest absolute Gasteiger partial charge is 0.123 e. The molecule has 3 rings (SSSR count). The summed E-state index contributed by atoms with van der Waals surface area (Å²) in [7, 11) is 1.76. The lowest BCUT2D eigenvalue weighted by atomic mass is 9.88. The molecule has 0 radical (unpaired) electrons. The molecule has 1 atom stereocenters. The van der Waals surface area contributed by atoms with E-state index in [2.05, 4.69) is 28.4 Å². The van der Waals surface area contributed by atoms with Gasteiger partial charge in [-0.25, -0.2) is 0 Å². The van der Waals surface area contributed by atoms with Crippen molar-refractivity contribution < 1.29 is 4.74 Å². The maximum atomic E-state index is 5.45. The number of nitrogens with one attached hydrogen (secondary N) is 1. The van der Waals surface area contributed by atoms with Gasteiger partial charge in [0.1, 0.15) is 5.75 Å². The van der Waals surface area contributed by atoms with E-state index in [1.807, 2.05) is 6.07 Å². The molecule has 0 amide bonds. The highest BCUT2D eigenvalue weighted by molar-refractivity contribution is 5.33. The van der Waals surface area contributed by atoms with Crippen molar-refractivity contribution in [2.45, 2.75) is 38.3 Å². The molecular weight excluding hydrogens is 248 g/mol. The summed E-state index contributed by atoms with van der Waals surface area (Å²) in [6, 6.07) is 9.19. The van der Waals surface area contributed by atoms with Crippen LogP contribution < -0.4 is 10.1 Å². The minimum Gasteiger partial charge on any atom is -0.496 e. The Morgan fingerprint density at radius 1 is 1.20 bits per heavy atom. The van der Waals surface area contributed by atoms with Crippen LogP contribution >= 0.6 is 0 Å². The molecule has 3 heteroatoms. The molecule has 0 aliphatic carbocycles. The molecule has 0 saturated carbocycles. The zero-order valence-electron chi connectivity index (χ0n) is 12.5. The number of nitrogens with zero attached hydrogens (tertiary/aromatic N) is 1. The standard InChI is InChI=1S/C17H26N2O/c1-20-17-7-3-2-5-15(17)13-19-11-8-14(9-12-19)16-6-4-10-18-16/h2-3,5,7,14,16,18H,4,6,8-13H2,1H3. The monoisotopic (exact) mass is 274 g/mol. The molecule has 110 valence electrons. The van der Waals surface area contributed by atoms with Gasteiger partial charge in [0, 0.05) is 18.2 Å². The molecule has 20 heavy (non-hydrogen) atoms. The van der Waals surface area contributed by atoms with Gasteiger partial charge in [-0.1, -0.05) is 18.2 Å². The third-order valence-corrected chi connectivity index (χ3v) is 4.89. The molecule has 3 nitrogen and oxygen atoms in total. The number of hydrogen-bond acceptors (Lipinski definition) is 3. The van der Waals surface area contributed by atoms with Gasteiger partial charge in [-0.2, -0.15) is 0 Å². The van der Waals surface area contributed by atoms with Crippen LogP contribution in [-0.4, -0.2) is 37.7 Å². The first-order valence-electron chi connectivity index (χ1n) is 7.94. The van der Waals surface area contributed by atoms with Crippen LogP contribution in [0.4, 0.5) is 0 Å². The van der Waals surface area contributed by atoms with E-state index in [1.165, 1.54) is 50.9 Å². The fourth-order valence-electron chi connectivity index (χ4n) is 3.70. The predicted molar refractivity (Wildman–Crippen MR) is 82.0 cm³/mol. The molecule has 2 saturated heterocycles. The highest BCUT2D eigenvalue weighted by Crippen LogP contribution is 2.27. The molecule has 1 aromatic rings. The van der Waals surface area contributed by atoms with E-state index in [4.69, 9.17) is 4.74 Å². The summed E-state index contributed by atoms with van der Waals surface area (Å²) >= 11 is 0. The number of benzene rings is 1. The van der Waals surface area contributed by atoms with Crippen molar-refractivity contribution in [3.63, 3.8) is 0 Å². The number of rotatable bonds is 4. The van der Waals surface area contributed by atoms with Crippen LogP contribution in [0.2, 0.25) is 0 Å². The molecule has 0 aromatic heterocycles. The summed E-state index contributed by atoms with van der Waals surface area (Å²) in [4.78, 5) is 2.57. The van der Waals surface area contributed by atoms with Gasteiger partial charge in [0.15, 0.2) is 0 Å². The third kappa shape index (κ3) is 3.15. The molecule has 2 heterocycles. The van der Waals surface area contributed by atoms with E-state index in [1.54, 1.807) is 7.11 Å². The van der Waals surface area contributed by atoms with Gasteiger partial charge in [0.25, 0.3) is 0 Å². The van der Waals surface area contributed by atoms with Crippen molar-refractivity contribution in [3.8, 4) is 5.75 Å². The van der Waals surface area contributed by atoms with Crippen LogP contribution in [0.15, 0.2) is 24.3 Å². The lowest BCUT2D eigenvalue weighted by Gasteiger charge is -2.35. The van der Waals surface area contributed by atoms with Gasteiger partial charge >= 0.3 is 0 Å². The first-order chi connectivity index (χ1) is 9.86. The Kier molecular flexibility index (Phi) is 4.58. The maximum absolute atomic E-state index is 5.45. The molecule has 1 aromatic carbocycles. The van der Waals surface area contributed by atoms with Crippen molar-refractivity contribution in [3.05, 3.63) is 29.8 Å². The van der Waals surface area contributed by atoms with Gasteiger partial charge in [-0.3, -0.25) is 4.90 Å². The molecule has 1 unspecified atom stereocenters. The molecular formula is C17H26N2O. The van der Waals surface area contributed by atoms with Crippen LogP contribution in [0, 0.1) is 5.92 Å². The second kappa shape index (κ2) is 6.59. The number of likely N-dealkylation sites (tertiary alicyclic amines) is 1. The lowest BCUT2D eigenvalue weighted by Crippen LogP contribution is -2.40. The van der Waals surface area contributed by atoms with Crippen LogP contribution in [0.1, 0.15) is 31.2 Å². The Labute approximate surface area is 122 Å². The quantitative estimate of drug-likeness (QED) is 0.913. The first kappa shape index (κ1) is 13.9. The number of ether oxygens (including phenoxy) is 1. The Balaban J connectivity index is 1.53. The third-order valence-electron chi connectivity index (χ3n) is 4.89. The van der Waals surface area contributed by atoms with E-state index in [0.29, 0.717) is 0 Å². The van der Waals surface area contributed by atoms with Gasteiger partial charge < -0.3 is 10.1 Å². The second-order valence-electron chi connectivity index (χ2n) is 6.13. The van der Waals surface area contributed by atoms with E-state index < -0.39 is 0 Å². The molecule has 0 bridgehead atoms. The average molecular weight is 274 g/mol. The number of hydrogen-bond donors (Lipinski definition) is 1. The Hall–Kier alpha value is -1.06. The number of piperidine rings is 1. The molecule has 2 aliphatic rings. The summed E-state index contributed by atoms with van der Waals surface area (Å²) in [5.74, 6) is 1.92. The second-order valence-corrected chi connectivity index (χ2v) is 6.13. The number of methoxy groups -OCH3 is 1. The van der Waals surface area contributed by atoms with Crippen molar-refractivity contribution in [2.24, 2.45) is 5.92 Å². The van der Waals surface area contributed by atoms with E-state index in [9.17, 15) is 0 Å². The Morgan fingerprint density at radius 3 is 2.70 bits per heavy atom. The van der Waals surface area contributed by atoms with E-state index >= 15 is 0 Å². The summed E-state index contributed by atoms with van der Waals surface area (Å²) in [6.45, 7) is 4.70. The van der Waals surface area contributed by atoms with Crippen molar-refractivity contribution >= 4 is 0 Å². The molecule has 0 spiro atoms. The maximum Gasteiger partial charge on any atom is 0.123 e. The zero-order valence-corrected chi connectivity index (χ0v) is 12.5. The average Bonchev–Trinajstić information content (AvgIpc) is 3.03. The van der Waals surface area contributed by atoms with Crippen LogP contribution in [0.3, 0.4) is 0 Å². The SMILES string of the molecule is COc1ccccc1CN1CCC(C2CCCN2)CC1. The fourth-order valence-corrected chi connectivity index (χ4v) is 3.70. The van der Waals surface area contributed by atoms with Gasteiger partial charge in [0.2, 0.25) is 0 Å². The predicted octanol–water partition coefficient (Wildman–Crippen LogP) is 2.66. The van der Waals surface area contributed by atoms with Gasteiger partial charge in [-0.05, 0) is 57.3 Å². The number of para-hydroxylation sites is 1. The summed E-state index contributed by atoms with van der Waals surface area (Å²) < 4.78 is 5.45. The topological polar surface area (TPSA) is 24.5 Å². The highest BCUT2D eigenvalue weighted by Gasteiger charge is 2.28. The fraction of sp³-hybridized carbons (Fsp3) is 0.647. The molecule has 2 fully saturated rings. The Bertz CT molecular complexity index is 421. The van der Waals surface area contributed by atoms with E-state index in [-0.39, 0.29) is 0 Å². The lowest BCUT2D eigenvalue weighted by molar-refractivity contribution is 0.156. The van der Waals surface area contributed by atoms with Gasteiger partial charge in [-0.15, -0.1) is 0 Å². The normalized spacial score (nSPS) is 24.9. The van der Waals surface area contributed by atoms with Crippen molar-refractivity contribution in [1.82, 2.24) is 10.2 Å². The Morgan fingerprint density at radius 2 is 2.00 bits per heavy atom. The first-order valence-corrected chi connectivity index (χ1v) is 7.94. The highest BCUT2D eigenvalue weighted by atomic mass is 16.5.